The van der Waals surface area contributed by atoms with E-state index in [-0.39, 0.29) is 49.1 Å². The highest BCUT2D eigenvalue weighted by molar-refractivity contribution is 7.91. The van der Waals surface area contributed by atoms with Crippen molar-refractivity contribution in [3.05, 3.63) is 29.2 Å². The Balaban J connectivity index is 1.70. The number of amides is 2. The van der Waals surface area contributed by atoms with Gasteiger partial charge in [-0.25, -0.2) is 22.4 Å². The van der Waals surface area contributed by atoms with E-state index in [0.717, 1.165) is 6.92 Å². The van der Waals surface area contributed by atoms with Gasteiger partial charge >= 0.3 is 12.0 Å². The van der Waals surface area contributed by atoms with Gasteiger partial charge in [0.15, 0.2) is 15.9 Å². The lowest BCUT2D eigenvalue weighted by molar-refractivity contribution is -0.768. The van der Waals surface area contributed by atoms with Crippen LogP contribution in [0.25, 0.3) is 0 Å². The van der Waals surface area contributed by atoms with E-state index < -0.39 is 38.8 Å². The Morgan fingerprint density at radius 3 is 2.63 bits per heavy atom. The molecule has 0 radical (unpaired) electrons. The number of halogens is 1. The lowest BCUT2D eigenvalue weighted by atomic mass is 10.2. The zero-order valence-corrected chi connectivity index (χ0v) is 15.5. The molecule has 148 valence electrons. The van der Waals surface area contributed by atoms with Crippen LogP contribution in [0, 0.1) is 11.0 Å². The Morgan fingerprint density at radius 2 is 2.04 bits per heavy atom. The van der Waals surface area contributed by atoms with Crippen molar-refractivity contribution in [1.29, 1.82) is 0 Å². The van der Waals surface area contributed by atoms with Gasteiger partial charge in [0.2, 0.25) is 0 Å². The lowest BCUT2D eigenvalue weighted by Crippen LogP contribution is -3.10. The molecule has 11 heteroatoms. The number of cyclic esters (lactones) is 1. The number of sulfone groups is 1. The van der Waals surface area contributed by atoms with Crippen molar-refractivity contribution < 1.29 is 32.2 Å². The van der Waals surface area contributed by atoms with Gasteiger partial charge in [-0.15, -0.1) is 0 Å². The van der Waals surface area contributed by atoms with Gasteiger partial charge in [-0.1, -0.05) is 0 Å². The summed E-state index contributed by atoms with van der Waals surface area (Å²) in [5.41, 5.74) is 0.535. The average Bonchev–Trinajstić information content (AvgIpc) is 2.95. The molecule has 0 spiro atoms. The van der Waals surface area contributed by atoms with Crippen LogP contribution in [-0.2, 0) is 19.4 Å². The van der Waals surface area contributed by atoms with Crippen LogP contribution in [0.1, 0.15) is 6.92 Å². The summed E-state index contributed by atoms with van der Waals surface area (Å²) in [6, 6.07) is 4.21. The Bertz CT molecular complexity index is 848. The second-order valence-electron chi connectivity index (χ2n) is 6.57. The van der Waals surface area contributed by atoms with Gasteiger partial charge in [0, 0.05) is 13.1 Å². The molecule has 2 fully saturated rings. The first-order valence-corrected chi connectivity index (χ1v) is 10.3. The number of quaternary nitrogens is 1. The average molecular weight is 401 g/mol. The number of nitrogens with zero attached hydrogens (tertiary/aromatic N) is 2. The molecule has 0 aromatic heterocycles. The zero-order chi connectivity index (χ0) is 19.8. The molecular weight excluding hydrogens is 381 g/mol. The van der Waals surface area contributed by atoms with Crippen molar-refractivity contribution in [1.82, 2.24) is 0 Å². The SMILES string of the molecule is CC(=O)[N@@H+]([O-])CC1CN(c2ccc(N3CCS(=O)(=O)CC3)c(F)c2)C(=O)O1. The van der Waals surface area contributed by atoms with E-state index in [2.05, 4.69) is 0 Å². The van der Waals surface area contributed by atoms with Gasteiger partial charge in [0.25, 0.3) is 0 Å². The topological polar surface area (TPSA) is 111 Å². The molecule has 0 bridgehead atoms. The fourth-order valence-corrected chi connectivity index (χ4v) is 4.26. The summed E-state index contributed by atoms with van der Waals surface area (Å²) >= 11 is 0. The molecule has 27 heavy (non-hydrogen) atoms. The van der Waals surface area contributed by atoms with Crippen molar-refractivity contribution in [2.75, 3.05) is 47.5 Å². The number of nitrogens with one attached hydrogen (secondary N) is 1. The summed E-state index contributed by atoms with van der Waals surface area (Å²) in [5, 5.41) is 10.9. The van der Waals surface area contributed by atoms with Crippen LogP contribution in [0.5, 0.6) is 0 Å². The minimum atomic E-state index is -3.07. The Kier molecular flexibility index (Phi) is 5.36. The van der Waals surface area contributed by atoms with Gasteiger partial charge in [0.05, 0.1) is 36.3 Å². The number of anilines is 2. The first-order chi connectivity index (χ1) is 12.7. The maximum absolute atomic E-state index is 14.6. The molecule has 2 aliphatic rings. The molecule has 3 rings (SSSR count). The van der Waals surface area contributed by atoms with E-state index in [0.29, 0.717) is 0 Å². The third-order valence-corrected chi connectivity index (χ3v) is 6.22. The predicted octanol–water partition coefficient (Wildman–Crippen LogP) is -0.685. The molecule has 0 saturated carbocycles. The maximum atomic E-state index is 14.6. The summed E-state index contributed by atoms with van der Waals surface area (Å²) in [5.74, 6) is -1.25. The van der Waals surface area contributed by atoms with Crippen LogP contribution >= 0.6 is 0 Å². The molecule has 1 unspecified atom stereocenters. The summed E-state index contributed by atoms with van der Waals surface area (Å²) < 4.78 is 42.6. The van der Waals surface area contributed by atoms with Crippen LogP contribution in [0.4, 0.5) is 20.6 Å². The first-order valence-electron chi connectivity index (χ1n) is 8.43. The molecule has 1 N–H and O–H groups in total. The molecule has 9 nitrogen and oxygen atoms in total. The number of benzene rings is 1. The highest BCUT2D eigenvalue weighted by Gasteiger charge is 2.35. The molecule has 1 aromatic carbocycles. The number of carbonyl (C=O) groups is 2. The summed E-state index contributed by atoms with van der Waals surface area (Å²) in [6.07, 6.45) is -1.48. The summed E-state index contributed by atoms with van der Waals surface area (Å²) in [4.78, 5) is 25.9. The normalized spacial score (nSPS) is 23.2. The second kappa shape index (κ2) is 7.41. The molecule has 2 atom stereocenters. The smallest absolute Gasteiger partial charge is 0.414 e. The number of rotatable bonds is 4. The van der Waals surface area contributed by atoms with Crippen LogP contribution in [0.2, 0.25) is 0 Å². The molecule has 2 amide bonds. The van der Waals surface area contributed by atoms with E-state index in [9.17, 15) is 27.6 Å². The minimum absolute atomic E-state index is 0.0293. The Labute approximate surface area is 155 Å². The maximum Gasteiger partial charge on any atom is 0.414 e. The number of ether oxygens (including phenoxy) is 1. The molecular formula is C16H20FN3O6S. The Morgan fingerprint density at radius 1 is 1.37 bits per heavy atom. The van der Waals surface area contributed by atoms with Crippen molar-refractivity contribution in [3.63, 3.8) is 0 Å². The third-order valence-electron chi connectivity index (χ3n) is 4.61. The first kappa shape index (κ1) is 19.5. The van der Waals surface area contributed by atoms with Crippen LogP contribution in [0.3, 0.4) is 0 Å². The van der Waals surface area contributed by atoms with E-state index in [1.165, 1.54) is 23.1 Å². The van der Waals surface area contributed by atoms with Crippen molar-refractivity contribution >= 4 is 33.2 Å². The van der Waals surface area contributed by atoms with Crippen molar-refractivity contribution in [2.45, 2.75) is 13.0 Å². The molecule has 0 aliphatic carbocycles. The highest BCUT2D eigenvalue weighted by Crippen LogP contribution is 2.28. The predicted molar refractivity (Wildman–Crippen MR) is 94.8 cm³/mol. The number of hydroxylamine groups is 2. The number of hydrogen-bond donors (Lipinski definition) is 1. The summed E-state index contributed by atoms with van der Waals surface area (Å²) in [6.45, 7) is 1.40. The van der Waals surface area contributed by atoms with E-state index in [4.69, 9.17) is 4.74 Å². The van der Waals surface area contributed by atoms with Gasteiger partial charge in [0.1, 0.15) is 12.4 Å². The molecule has 2 saturated heterocycles. The highest BCUT2D eigenvalue weighted by atomic mass is 32.2. The Hall–Kier alpha value is -2.24. The number of hydrogen-bond acceptors (Lipinski definition) is 7. The molecule has 1 aromatic rings. The molecule has 2 aliphatic heterocycles. The quantitative estimate of drug-likeness (QED) is 0.665. The van der Waals surface area contributed by atoms with Gasteiger partial charge < -0.3 is 19.9 Å². The third kappa shape index (κ3) is 4.37. The van der Waals surface area contributed by atoms with Crippen molar-refractivity contribution in [3.8, 4) is 0 Å². The molecule has 2 heterocycles. The van der Waals surface area contributed by atoms with Gasteiger partial charge in [-0.05, 0) is 18.2 Å². The van der Waals surface area contributed by atoms with Crippen LogP contribution < -0.4 is 14.9 Å². The van der Waals surface area contributed by atoms with Gasteiger partial charge in [-0.3, -0.25) is 4.90 Å². The van der Waals surface area contributed by atoms with E-state index in [1.807, 2.05) is 0 Å². The fourth-order valence-electron chi connectivity index (χ4n) is 3.06. The van der Waals surface area contributed by atoms with E-state index >= 15 is 0 Å². The van der Waals surface area contributed by atoms with Crippen molar-refractivity contribution in [2.24, 2.45) is 0 Å². The zero-order valence-electron chi connectivity index (χ0n) is 14.7. The fraction of sp³-hybridized carbons (Fsp3) is 0.500. The number of carbonyl (C=O) groups excluding carboxylic acids is 2. The van der Waals surface area contributed by atoms with Crippen LogP contribution in [-0.4, -0.2) is 64.2 Å². The van der Waals surface area contributed by atoms with E-state index in [1.54, 1.807) is 4.90 Å². The van der Waals surface area contributed by atoms with Gasteiger partial charge in [-0.2, -0.15) is 0 Å². The summed E-state index contributed by atoms with van der Waals surface area (Å²) in [7, 11) is -3.07. The standard InChI is InChI=1S/C16H20FN3O6S/c1-11(21)20(23)10-13-9-19(16(22)26-13)12-2-3-15(14(17)8-12)18-4-6-27(24,25)7-5-18/h2-3,8,13,20H,4-7,9-10H2,1H3. The minimum Gasteiger partial charge on any atom is -0.627 e. The second-order valence-corrected chi connectivity index (χ2v) is 8.88. The monoisotopic (exact) mass is 401 g/mol. The lowest BCUT2D eigenvalue weighted by Gasteiger charge is -2.29. The van der Waals surface area contributed by atoms with Crippen LogP contribution in [0.15, 0.2) is 18.2 Å². The largest absolute Gasteiger partial charge is 0.627 e.